The highest BCUT2D eigenvalue weighted by Gasteiger charge is 2.06. The summed E-state index contributed by atoms with van der Waals surface area (Å²) in [5.41, 5.74) is 9.08. The number of guanidine groups is 1. The molecule has 150 valence electrons. The Hall–Kier alpha value is -1.64. The van der Waals surface area contributed by atoms with Crippen LogP contribution in [-0.4, -0.2) is 26.8 Å². The van der Waals surface area contributed by atoms with Crippen LogP contribution in [0.3, 0.4) is 0 Å². The Labute approximate surface area is 180 Å². The van der Waals surface area contributed by atoms with Crippen molar-refractivity contribution < 1.29 is 0 Å². The molecule has 0 aromatic carbocycles. The molecule has 0 fully saturated rings. The van der Waals surface area contributed by atoms with Crippen LogP contribution >= 0.6 is 24.0 Å². The minimum atomic E-state index is 0. The van der Waals surface area contributed by atoms with Crippen LogP contribution in [0.15, 0.2) is 29.4 Å². The minimum Gasteiger partial charge on any atom is -0.370 e. The minimum absolute atomic E-state index is 0. The Morgan fingerprint density at radius 3 is 2.52 bits per heavy atom. The van der Waals surface area contributed by atoms with Crippen LogP contribution in [0.5, 0.6) is 0 Å². The van der Waals surface area contributed by atoms with E-state index >= 15 is 0 Å². The van der Waals surface area contributed by atoms with Crippen LogP contribution in [0.4, 0.5) is 0 Å². The smallest absolute Gasteiger partial charge is 0.189 e. The fourth-order valence-corrected chi connectivity index (χ4v) is 2.88. The molecule has 0 radical (unpaired) electrons. The summed E-state index contributed by atoms with van der Waals surface area (Å²) in [4.78, 5) is 8.91. The standard InChI is InChI=1S/C20H32N6.HI/c1-14(2)7-6-8-15(3)24-20(21)23-13-18-9-10-19(22-12-18)26-17(5)11-16(4)25-26;/h9-12,14-15H,6-8,13H2,1-5H3,(H3,21,23,24);1H. The van der Waals surface area contributed by atoms with Crippen LogP contribution in [0.2, 0.25) is 0 Å². The van der Waals surface area contributed by atoms with Crippen molar-refractivity contribution in [3.05, 3.63) is 41.3 Å². The van der Waals surface area contributed by atoms with E-state index in [2.05, 4.69) is 41.2 Å². The van der Waals surface area contributed by atoms with Gasteiger partial charge in [0.25, 0.3) is 0 Å². The third kappa shape index (κ3) is 7.86. The van der Waals surface area contributed by atoms with E-state index in [0.29, 0.717) is 18.5 Å². The van der Waals surface area contributed by atoms with Crippen LogP contribution in [0.1, 0.15) is 57.0 Å². The number of nitrogens with one attached hydrogen (secondary N) is 1. The second-order valence-electron chi connectivity index (χ2n) is 7.44. The lowest BCUT2D eigenvalue weighted by Gasteiger charge is -2.15. The summed E-state index contributed by atoms with van der Waals surface area (Å²) >= 11 is 0. The number of hydrogen-bond donors (Lipinski definition) is 2. The van der Waals surface area contributed by atoms with Crippen molar-refractivity contribution in [2.24, 2.45) is 16.6 Å². The normalized spacial score (nSPS) is 12.7. The van der Waals surface area contributed by atoms with E-state index in [1.54, 1.807) is 0 Å². The number of hydrogen-bond acceptors (Lipinski definition) is 3. The lowest BCUT2D eigenvalue weighted by molar-refractivity contribution is 0.493. The van der Waals surface area contributed by atoms with Gasteiger partial charge in [-0.1, -0.05) is 32.8 Å². The van der Waals surface area contributed by atoms with Gasteiger partial charge in [-0.05, 0) is 50.8 Å². The molecule has 2 aromatic rings. The summed E-state index contributed by atoms with van der Waals surface area (Å²) in [6.45, 7) is 11.2. The molecule has 2 aromatic heterocycles. The van der Waals surface area contributed by atoms with Crippen LogP contribution < -0.4 is 11.1 Å². The molecule has 2 rings (SSSR count). The summed E-state index contributed by atoms with van der Waals surface area (Å²) in [5, 5.41) is 7.71. The number of halogens is 1. The second kappa shape index (κ2) is 11.3. The molecule has 2 heterocycles. The van der Waals surface area contributed by atoms with Crippen molar-refractivity contribution in [2.45, 2.75) is 66.5 Å². The Bertz CT molecular complexity index is 721. The molecule has 3 N–H and O–H groups in total. The number of pyridine rings is 1. The Balaban J connectivity index is 0.00000364. The average Bonchev–Trinajstić information content (AvgIpc) is 2.91. The number of aromatic nitrogens is 3. The van der Waals surface area contributed by atoms with Gasteiger partial charge in [-0.2, -0.15) is 5.10 Å². The van der Waals surface area contributed by atoms with E-state index in [4.69, 9.17) is 5.73 Å². The zero-order chi connectivity index (χ0) is 19.1. The van der Waals surface area contributed by atoms with Gasteiger partial charge in [0.2, 0.25) is 0 Å². The highest BCUT2D eigenvalue weighted by atomic mass is 127. The molecular formula is C20H33IN6. The largest absolute Gasteiger partial charge is 0.370 e. The number of nitrogens with two attached hydrogens (primary N) is 1. The fourth-order valence-electron chi connectivity index (χ4n) is 2.88. The molecule has 0 aliphatic heterocycles. The van der Waals surface area contributed by atoms with Gasteiger partial charge in [-0.3, -0.25) is 0 Å². The summed E-state index contributed by atoms with van der Waals surface area (Å²) < 4.78 is 1.84. The summed E-state index contributed by atoms with van der Waals surface area (Å²) in [6.07, 6.45) is 5.38. The first kappa shape index (κ1) is 23.4. The lowest BCUT2D eigenvalue weighted by atomic mass is 10.0. The number of aliphatic imine (C=N–C) groups is 1. The van der Waals surface area contributed by atoms with Gasteiger partial charge in [0.05, 0.1) is 12.2 Å². The maximum absolute atomic E-state index is 6.00. The van der Waals surface area contributed by atoms with E-state index < -0.39 is 0 Å². The molecule has 0 bridgehead atoms. The lowest BCUT2D eigenvalue weighted by Crippen LogP contribution is -2.38. The molecule has 6 nitrogen and oxygen atoms in total. The SMILES string of the molecule is Cc1cc(C)n(-c2ccc(CN=C(N)NC(C)CCCC(C)C)cn2)n1.I. The Morgan fingerprint density at radius 2 is 1.96 bits per heavy atom. The van der Waals surface area contributed by atoms with E-state index in [1.807, 2.05) is 42.9 Å². The zero-order valence-corrected chi connectivity index (χ0v) is 19.4. The molecule has 1 atom stereocenters. The Kier molecular flexibility index (Phi) is 9.76. The maximum Gasteiger partial charge on any atom is 0.189 e. The van der Waals surface area contributed by atoms with Gasteiger partial charge >= 0.3 is 0 Å². The monoisotopic (exact) mass is 484 g/mol. The van der Waals surface area contributed by atoms with Crippen molar-refractivity contribution in [3.63, 3.8) is 0 Å². The second-order valence-corrected chi connectivity index (χ2v) is 7.44. The molecule has 0 aliphatic carbocycles. The topological polar surface area (TPSA) is 81.1 Å². The average molecular weight is 484 g/mol. The first-order valence-corrected chi connectivity index (χ1v) is 9.40. The van der Waals surface area contributed by atoms with Gasteiger partial charge in [0.15, 0.2) is 11.8 Å². The first-order valence-electron chi connectivity index (χ1n) is 9.40. The van der Waals surface area contributed by atoms with Gasteiger partial charge in [-0.15, -0.1) is 24.0 Å². The maximum atomic E-state index is 6.00. The summed E-state index contributed by atoms with van der Waals surface area (Å²) in [5.74, 6) is 2.05. The number of aryl methyl sites for hydroxylation is 2. The van der Waals surface area contributed by atoms with Crippen LogP contribution in [-0.2, 0) is 6.54 Å². The third-order valence-electron chi connectivity index (χ3n) is 4.28. The zero-order valence-electron chi connectivity index (χ0n) is 17.1. The molecule has 0 aliphatic rings. The highest BCUT2D eigenvalue weighted by Crippen LogP contribution is 2.11. The van der Waals surface area contributed by atoms with E-state index in [-0.39, 0.29) is 24.0 Å². The third-order valence-corrected chi connectivity index (χ3v) is 4.28. The molecule has 1 unspecified atom stereocenters. The number of nitrogens with zero attached hydrogens (tertiary/aromatic N) is 4. The van der Waals surface area contributed by atoms with Gasteiger partial charge < -0.3 is 11.1 Å². The quantitative estimate of drug-likeness (QED) is 0.336. The molecule has 0 spiro atoms. The molecule has 27 heavy (non-hydrogen) atoms. The van der Waals surface area contributed by atoms with Gasteiger partial charge in [0, 0.05) is 17.9 Å². The molecule has 0 saturated heterocycles. The molecule has 0 saturated carbocycles. The summed E-state index contributed by atoms with van der Waals surface area (Å²) in [6, 6.07) is 6.35. The van der Waals surface area contributed by atoms with Crippen molar-refractivity contribution >= 4 is 29.9 Å². The first-order chi connectivity index (χ1) is 12.3. The number of rotatable bonds is 8. The predicted octanol–water partition coefficient (Wildman–Crippen LogP) is 4.12. The van der Waals surface area contributed by atoms with Crippen molar-refractivity contribution in [2.75, 3.05) is 0 Å². The fraction of sp³-hybridized carbons (Fsp3) is 0.550. The van der Waals surface area contributed by atoms with Crippen molar-refractivity contribution in [3.8, 4) is 5.82 Å². The van der Waals surface area contributed by atoms with Crippen LogP contribution in [0, 0.1) is 19.8 Å². The highest BCUT2D eigenvalue weighted by molar-refractivity contribution is 14.0. The van der Waals surface area contributed by atoms with E-state index in [0.717, 1.165) is 35.1 Å². The molecule has 0 amide bonds. The van der Waals surface area contributed by atoms with Gasteiger partial charge in [-0.25, -0.2) is 14.7 Å². The molecular weight excluding hydrogens is 451 g/mol. The van der Waals surface area contributed by atoms with E-state index in [9.17, 15) is 0 Å². The Morgan fingerprint density at radius 1 is 1.22 bits per heavy atom. The predicted molar refractivity (Wildman–Crippen MR) is 123 cm³/mol. The van der Waals surface area contributed by atoms with Gasteiger partial charge in [0.1, 0.15) is 0 Å². The van der Waals surface area contributed by atoms with Crippen molar-refractivity contribution in [1.29, 1.82) is 0 Å². The molecule has 7 heteroatoms. The van der Waals surface area contributed by atoms with Crippen LogP contribution in [0.25, 0.3) is 5.82 Å². The van der Waals surface area contributed by atoms with Crippen molar-refractivity contribution in [1.82, 2.24) is 20.1 Å². The summed E-state index contributed by atoms with van der Waals surface area (Å²) in [7, 11) is 0. The van der Waals surface area contributed by atoms with E-state index in [1.165, 1.54) is 12.8 Å².